The molecule has 9 nitrogen and oxygen atoms in total. The Balaban J connectivity index is 1.84. The molecule has 2 amide bonds. The molecule has 1 aliphatic rings. The van der Waals surface area contributed by atoms with Crippen molar-refractivity contribution < 1.29 is 19.5 Å². The summed E-state index contributed by atoms with van der Waals surface area (Å²) in [5.41, 5.74) is 11.8. The molecule has 176 valence electrons. The van der Waals surface area contributed by atoms with E-state index in [0.717, 1.165) is 19.3 Å². The number of carbonyl (C=O) groups is 3. The smallest absolute Gasteiger partial charge is 0.303 e. The van der Waals surface area contributed by atoms with Gasteiger partial charge in [-0.3, -0.25) is 19.4 Å². The number of aliphatic carboxylic acids is 1. The molecule has 32 heavy (non-hydrogen) atoms. The summed E-state index contributed by atoms with van der Waals surface area (Å²) in [5.74, 6) is -1.23. The van der Waals surface area contributed by atoms with Gasteiger partial charge in [-0.25, -0.2) is 0 Å². The molecular formula is C23H35N5O4. The van der Waals surface area contributed by atoms with E-state index in [1.165, 1.54) is 5.56 Å². The molecule has 0 bridgehead atoms. The SMILES string of the molecule is NC(N)=NCCCCC(=O)NC[C@@H]1C[C@@H](CCC(=O)O)C(=O)N1CCCc1ccccc1. The maximum atomic E-state index is 12.9. The first-order valence-corrected chi connectivity index (χ1v) is 11.2. The van der Waals surface area contributed by atoms with Gasteiger partial charge in [0, 0.05) is 44.4 Å². The molecule has 0 saturated carbocycles. The lowest BCUT2D eigenvalue weighted by Crippen LogP contribution is -2.42. The van der Waals surface area contributed by atoms with Crippen LogP contribution >= 0.6 is 0 Å². The van der Waals surface area contributed by atoms with Crippen molar-refractivity contribution in [3.8, 4) is 0 Å². The molecule has 1 aromatic carbocycles. The second-order valence-electron chi connectivity index (χ2n) is 8.21. The zero-order chi connectivity index (χ0) is 23.3. The number of hydrogen-bond donors (Lipinski definition) is 4. The predicted octanol–water partition coefficient (Wildman–Crippen LogP) is 1.26. The third kappa shape index (κ3) is 8.95. The van der Waals surface area contributed by atoms with Gasteiger partial charge in [0.1, 0.15) is 0 Å². The van der Waals surface area contributed by atoms with Crippen molar-refractivity contribution in [2.45, 2.75) is 57.4 Å². The number of carbonyl (C=O) groups excluding carboxylic acids is 2. The lowest BCUT2D eigenvalue weighted by Gasteiger charge is -2.25. The number of rotatable bonds is 14. The Kier molecular flexibility index (Phi) is 10.5. The lowest BCUT2D eigenvalue weighted by atomic mass is 9.99. The van der Waals surface area contributed by atoms with Gasteiger partial charge in [-0.2, -0.15) is 0 Å². The Hall–Kier alpha value is -3.10. The molecule has 1 aliphatic heterocycles. The van der Waals surface area contributed by atoms with Gasteiger partial charge >= 0.3 is 5.97 Å². The van der Waals surface area contributed by atoms with Crippen LogP contribution in [0.5, 0.6) is 0 Å². The summed E-state index contributed by atoms with van der Waals surface area (Å²) >= 11 is 0. The minimum atomic E-state index is -0.897. The van der Waals surface area contributed by atoms with E-state index in [4.69, 9.17) is 16.6 Å². The molecule has 1 saturated heterocycles. The van der Waals surface area contributed by atoms with E-state index < -0.39 is 5.97 Å². The standard InChI is InChI=1S/C23H35N5O4/c24-23(25)26-13-5-4-10-20(29)27-16-19-15-18(11-12-21(30)31)22(32)28(19)14-6-9-17-7-2-1-3-8-17/h1-3,7-8,18-19H,4-6,9-16H2,(H,27,29)(H,30,31)(H4,24,25,26)/t18-,19+/m1/s1. The largest absolute Gasteiger partial charge is 0.481 e. The number of hydrogen-bond acceptors (Lipinski definition) is 4. The normalized spacial score (nSPS) is 17.9. The van der Waals surface area contributed by atoms with Gasteiger partial charge in [-0.15, -0.1) is 0 Å². The average Bonchev–Trinajstić information content (AvgIpc) is 3.06. The van der Waals surface area contributed by atoms with Crippen LogP contribution in [-0.2, 0) is 20.8 Å². The fraction of sp³-hybridized carbons (Fsp3) is 0.565. The molecule has 2 rings (SSSR count). The molecule has 0 radical (unpaired) electrons. The lowest BCUT2D eigenvalue weighted by molar-refractivity contribution is -0.138. The van der Waals surface area contributed by atoms with Gasteiger partial charge in [0.05, 0.1) is 0 Å². The molecule has 0 aliphatic carbocycles. The highest BCUT2D eigenvalue weighted by molar-refractivity contribution is 5.82. The highest BCUT2D eigenvalue weighted by Gasteiger charge is 2.38. The number of nitrogens with zero attached hydrogens (tertiary/aromatic N) is 2. The maximum Gasteiger partial charge on any atom is 0.303 e. The second kappa shape index (κ2) is 13.3. The number of benzene rings is 1. The van der Waals surface area contributed by atoms with E-state index in [0.29, 0.717) is 45.3 Å². The number of unbranched alkanes of at least 4 members (excludes halogenated alkanes) is 1. The zero-order valence-corrected chi connectivity index (χ0v) is 18.5. The summed E-state index contributed by atoms with van der Waals surface area (Å²) in [5, 5.41) is 11.9. The number of carboxylic acid groups (broad SMARTS) is 1. The van der Waals surface area contributed by atoms with Crippen LogP contribution in [0.25, 0.3) is 0 Å². The number of nitrogens with one attached hydrogen (secondary N) is 1. The summed E-state index contributed by atoms with van der Waals surface area (Å²) in [7, 11) is 0. The monoisotopic (exact) mass is 445 g/mol. The minimum absolute atomic E-state index is 0.00389. The Morgan fingerprint density at radius 1 is 1.12 bits per heavy atom. The molecular weight excluding hydrogens is 410 g/mol. The molecule has 1 heterocycles. The van der Waals surface area contributed by atoms with Crippen molar-refractivity contribution in [2.24, 2.45) is 22.4 Å². The molecule has 1 aromatic rings. The van der Waals surface area contributed by atoms with E-state index in [1.54, 1.807) is 0 Å². The van der Waals surface area contributed by atoms with Gasteiger partial charge in [-0.05, 0) is 44.1 Å². The third-order valence-electron chi connectivity index (χ3n) is 5.68. The van der Waals surface area contributed by atoms with Gasteiger partial charge in [-0.1, -0.05) is 30.3 Å². The van der Waals surface area contributed by atoms with Crippen LogP contribution in [0.2, 0.25) is 0 Å². The highest BCUT2D eigenvalue weighted by Crippen LogP contribution is 2.28. The Morgan fingerprint density at radius 2 is 1.88 bits per heavy atom. The fourth-order valence-electron chi connectivity index (χ4n) is 4.02. The van der Waals surface area contributed by atoms with Gasteiger partial charge in [0.25, 0.3) is 0 Å². The molecule has 0 unspecified atom stereocenters. The number of aliphatic imine (C=N–C) groups is 1. The van der Waals surface area contributed by atoms with E-state index in [9.17, 15) is 14.4 Å². The van der Waals surface area contributed by atoms with Crippen molar-refractivity contribution in [3.63, 3.8) is 0 Å². The Labute approximate surface area is 189 Å². The summed E-state index contributed by atoms with van der Waals surface area (Å²) in [6.45, 7) is 1.47. The van der Waals surface area contributed by atoms with E-state index in [-0.39, 0.29) is 36.2 Å². The van der Waals surface area contributed by atoms with E-state index in [1.807, 2.05) is 23.1 Å². The highest BCUT2D eigenvalue weighted by atomic mass is 16.4. The van der Waals surface area contributed by atoms with Crippen LogP contribution in [-0.4, -0.2) is 59.4 Å². The number of amides is 2. The first-order chi connectivity index (χ1) is 15.4. The molecule has 0 aromatic heterocycles. The Morgan fingerprint density at radius 3 is 2.56 bits per heavy atom. The van der Waals surface area contributed by atoms with Crippen LogP contribution in [0.4, 0.5) is 0 Å². The molecule has 2 atom stereocenters. The molecule has 1 fully saturated rings. The quantitative estimate of drug-likeness (QED) is 0.192. The number of aryl methyl sites for hydroxylation is 1. The van der Waals surface area contributed by atoms with Crippen molar-refractivity contribution in [2.75, 3.05) is 19.6 Å². The van der Waals surface area contributed by atoms with Crippen molar-refractivity contribution in [1.29, 1.82) is 0 Å². The maximum absolute atomic E-state index is 12.9. The summed E-state index contributed by atoms with van der Waals surface area (Å²) < 4.78 is 0. The van der Waals surface area contributed by atoms with Crippen molar-refractivity contribution in [1.82, 2.24) is 10.2 Å². The summed E-state index contributed by atoms with van der Waals surface area (Å²) in [6.07, 6.45) is 4.32. The average molecular weight is 446 g/mol. The van der Waals surface area contributed by atoms with E-state index >= 15 is 0 Å². The summed E-state index contributed by atoms with van der Waals surface area (Å²) in [6, 6.07) is 9.98. The molecule has 6 N–H and O–H groups in total. The van der Waals surface area contributed by atoms with Crippen LogP contribution in [0.3, 0.4) is 0 Å². The third-order valence-corrected chi connectivity index (χ3v) is 5.68. The first-order valence-electron chi connectivity index (χ1n) is 11.2. The Bertz CT molecular complexity index is 780. The second-order valence-corrected chi connectivity index (χ2v) is 8.21. The summed E-state index contributed by atoms with van der Waals surface area (Å²) in [4.78, 5) is 41.8. The molecule has 0 spiro atoms. The van der Waals surface area contributed by atoms with Crippen LogP contribution in [0.1, 0.15) is 50.5 Å². The number of guanidine groups is 1. The topological polar surface area (TPSA) is 151 Å². The van der Waals surface area contributed by atoms with Crippen LogP contribution in [0.15, 0.2) is 35.3 Å². The van der Waals surface area contributed by atoms with Crippen molar-refractivity contribution >= 4 is 23.7 Å². The van der Waals surface area contributed by atoms with Crippen molar-refractivity contribution in [3.05, 3.63) is 35.9 Å². The van der Waals surface area contributed by atoms with Gasteiger partial charge in [0.2, 0.25) is 11.8 Å². The number of carboxylic acids is 1. The molecule has 9 heteroatoms. The zero-order valence-electron chi connectivity index (χ0n) is 18.5. The van der Waals surface area contributed by atoms with Crippen LogP contribution < -0.4 is 16.8 Å². The minimum Gasteiger partial charge on any atom is -0.481 e. The first kappa shape index (κ1) is 25.2. The predicted molar refractivity (Wildman–Crippen MR) is 123 cm³/mol. The van der Waals surface area contributed by atoms with Crippen LogP contribution in [0, 0.1) is 5.92 Å². The van der Waals surface area contributed by atoms with Gasteiger partial charge in [0.15, 0.2) is 5.96 Å². The number of nitrogens with two attached hydrogens (primary N) is 2. The van der Waals surface area contributed by atoms with E-state index in [2.05, 4.69) is 22.4 Å². The fourth-order valence-corrected chi connectivity index (χ4v) is 4.02. The van der Waals surface area contributed by atoms with Gasteiger partial charge < -0.3 is 26.8 Å². The number of likely N-dealkylation sites (tertiary alicyclic amines) is 1.